The van der Waals surface area contributed by atoms with E-state index in [2.05, 4.69) is 161 Å². The zero-order chi connectivity index (χ0) is 30.2. The molecule has 0 saturated heterocycles. The van der Waals surface area contributed by atoms with Gasteiger partial charge >= 0.3 is 0 Å². The van der Waals surface area contributed by atoms with Gasteiger partial charge in [-0.05, 0) is 52.2 Å². The van der Waals surface area contributed by atoms with E-state index in [-0.39, 0.29) is 0 Å². The Hall–Kier alpha value is -6.26. The van der Waals surface area contributed by atoms with Crippen LogP contribution in [0.1, 0.15) is 0 Å². The first-order chi connectivity index (χ1) is 22.8. The Bertz CT molecular complexity index is 2730. The van der Waals surface area contributed by atoms with Crippen molar-refractivity contribution >= 4 is 54.5 Å². The summed E-state index contributed by atoms with van der Waals surface area (Å²) >= 11 is 0. The monoisotopic (exact) mass is 586 g/mol. The van der Waals surface area contributed by atoms with Gasteiger partial charge in [0.15, 0.2) is 0 Å². The van der Waals surface area contributed by atoms with Gasteiger partial charge in [-0.15, -0.1) is 0 Å². The number of aromatic nitrogens is 4. The second-order valence-electron chi connectivity index (χ2n) is 11.8. The maximum Gasteiger partial charge on any atom is 0.235 e. The molecule has 0 fully saturated rings. The number of pyridine rings is 1. The standard InChI is InChI=1S/C42H26N4/c1-2-11-27(12-3-1)28-23-25-30(26-24-28)40-33-15-4-5-18-34(33)43-42(44-40)46-36-20-7-6-19-35(36)45-37-21-9-14-29-13-8-16-31(39(29)37)32-17-10-22-38(46)41(32)45/h1-26H. The third-order valence-electron chi connectivity index (χ3n) is 9.31. The molecule has 0 spiro atoms. The summed E-state index contributed by atoms with van der Waals surface area (Å²) in [5.41, 5.74) is 10.8. The third kappa shape index (κ3) is 3.55. The van der Waals surface area contributed by atoms with E-state index in [1.807, 2.05) is 6.07 Å². The molecule has 0 aliphatic carbocycles. The highest BCUT2D eigenvalue weighted by molar-refractivity contribution is 6.20. The minimum absolute atomic E-state index is 0.651. The molecule has 8 aromatic rings. The Morgan fingerprint density at radius 1 is 0.370 bits per heavy atom. The molecule has 214 valence electrons. The first-order valence-corrected chi connectivity index (χ1v) is 15.6. The lowest BCUT2D eigenvalue weighted by molar-refractivity contribution is 0.982. The van der Waals surface area contributed by atoms with Crippen molar-refractivity contribution in [3.8, 4) is 34.0 Å². The molecular formula is C42H26N4. The maximum atomic E-state index is 5.37. The lowest BCUT2D eigenvalue weighted by Gasteiger charge is -2.26. The van der Waals surface area contributed by atoms with E-state index in [1.54, 1.807) is 0 Å². The van der Waals surface area contributed by atoms with Crippen molar-refractivity contribution in [1.29, 1.82) is 0 Å². The highest BCUT2D eigenvalue weighted by atomic mass is 15.2. The zero-order valence-electron chi connectivity index (χ0n) is 24.8. The van der Waals surface area contributed by atoms with Gasteiger partial charge in [0.25, 0.3) is 0 Å². The number of para-hydroxylation sites is 4. The molecule has 0 saturated carbocycles. The number of hydrogen-bond acceptors (Lipinski definition) is 2. The molecule has 1 aromatic heterocycles. The van der Waals surface area contributed by atoms with E-state index in [0.29, 0.717) is 5.95 Å². The van der Waals surface area contributed by atoms with E-state index in [4.69, 9.17) is 9.97 Å². The predicted molar refractivity (Wildman–Crippen MR) is 190 cm³/mol. The Balaban J connectivity index is 1.31. The highest BCUT2D eigenvalue weighted by Gasteiger charge is 2.23. The Labute approximate surface area is 264 Å². The van der Waals surface area contributed by atoms with E-state index < -0.39 is 0 Å². The first kappa shape index (κ1) is 25.1. The van der Waals surface area contributed by atoms with Crippen LogP contribution < -0.4 is 0 Å². The summed E-state index contributed by atoms with van der Waals surface area (Å²) in [6, 6.07) is 55.9. The van der Waals surface area contributed by atoms with Crippen LogP contribution >= 0.6 is 0 Å². The largest absolute Gasteiger partial charge is 0.305 e. The minimum atomic E-state index is 0.651. The van der Waals surface area contributed by atoms with Gasteiger partial charge in [0.05, 0.1) is 39.0 Å². The second-order valence-corrected chi connectivity index (χ2v) is 11.8. The lowest BCUT2D eigenvalue weighted by Crippen LogP contribution is -2.14. The van der Waals surface area contributed by atoms with E-state index in [0.717, 1.165) is 44.4 Å². The number of benzene rings is 7. The molecule has 0 radical (unpaired) electrons. The molecule has 2 aliphatic heterocycles. The van der Waals surface area contributed by atoms with Gasteiger partial charge in [0.1, 0.15) is 0 Å². The van der Waals surface area contributed by atoms with Gasteiger partial charge in [-0.25, -0.2) is 9.97 Å². The summed E-state index contributed by atoms with van der Waals surface area (Å²) < 4.78 is 4.67. The van der Waals surface area contributed by atoms with Crippen LogP contribution in [0.5, 0.6) is 0 Å². The molecule has 10 rings (SSSR count). The Kier molecular flexibility index (Phi) is 5.25. The molecule has 4 heteroatoms. The molecule has 3 heterocycles. The fourth-order valence-electron chi connectivity index (χ4n) is 7.29. The van der Waals surface area contributed by atoms with Crippen LogP contribution in [0, 0.1) is 0 Å². The van der Waals surface area contributed by atoms with Gasteiger partial charge in [-0.1, -0.05) is 127 Å². The van der Waals surface area contributed by atoms with Crippen LogP contribution in [-0.4, -0.2) is 19.1 Å². The Morgan fingerprint density at radius 3 is 1.80 bits per heavy atom. The normalized spacial score (nSPS) is 11.9. The molecular weight excluding hydrogens is 560 g/mol. The van der Waals surface area contributed by atoms with E-state index in [1.165, 1.54) is 38.2 Å². The summed E-state index contributed by atoms with van der Waals surface area (Å²) in [4.78, 5) is 10.6. The first-order valence-electron chi connectivity index (χ1n) is 15.6. The highest BCUT2D eigenvalue weighted by Crippen LogP contribution is 2.42. The molecule has 4 nitrogen and oxygen atoms in total. The second kappa shape index (κ2) is 9.62. The molecule has 0 N–H and O–H groups in total. The van der Waals surface area contributed by atoms with E-state index in [9.17, 15) is 0 Å². The van der Waals surface area contributed by atoms with Crippen molar-refractivity contribution in [2.45, 2.75) is 0 Å². The quantitative estimate of drug-likeness (QED) is 0.152. The van der Waals surface area contributed by atoms with Crippen molar-refractivity contribution in [2.75, 3.05) is 0 Å². The fraction of sp³-hybridized carbons (Fsp3) is 0. The molecule has 0 bridgehead atoms. The summed E-state index contributed by atoms with van der Waals surface area (Å²) in [7, 11) is 0. The summed E-state index contributed by atoms with van der Waals surface area (Å²) in [6.45, 7) is 0. The molecule has 7 aromatic carbocycles. The van der Waals surface area contributed by atoms with Crippen LogP contribution in [0.15, 0.2) is 158 Å². The van der Waals surface area contributed by atoms with Crippen molar-refractivity contribution < 1.29 is 0 Å². The summed E-state index contributed by atoms with van der Waals surface area (Å²) in [5, 5.41) is 6.01. The van der Waals surface area contributed by atoms with Gasteiger partial charge < -0.3 is 4.57 Å². The zero-order valence-corrected chi connectivity index (χ0v) is 24.8. The van der Waals surface area contributed by atoms with Gasteiger partial charge in [-0.3, -0.25) is 4.57 Å². The van der Waals surface area contributed by atoms with Gasteiger partial charge in [0.2, 0.25) is 5.95 Å². The van der Waals surface area contributed by atoms with Gasteiger partial charge in [0, 0.05) is 21.7 Å². The lowest BCUT2D eigenvalue weighted by atomic mass is 9.97. The summed E-state index contributed by atoms with van der Waals surface area (Å²) in [5.74, 6) is 0.651. The molecule has 46 heavy (non-hydrogen) atoms. The van der Waals surface area contributed by atoms with Crippen LogP contribution in [0.2, 0.25) is 0 Å². The molecule has 0 amide bonds. The minimum Gasteiger partial charge on any atom is -0.305 e. The third-order valence-corrected chi connectivity index (χ3v) is 9.31. The van der Waals surface area contributed by atoms with Crippen LogP contribution in [0.4, 0.5) is 0 Å². The van der Waals surface area contributed by atoms with Crippen LogP contribution in [0.3, 0.4) is 0 Å². The fourth-order valence-corrected chi connectivity index (χ4v) is 7.29. The number of fused-ring (bicyclic) bond motifs is 5. The molecule has 2 aliphatic rings. The topological polar surface area (TPSA) is 35.6 Å². The van der Waals surface area contributed by atoms with E-state index >= 15 is 0 Å². The van der Waals surface area contributed by atoms with Crippen molar-refractivity contribution in [1.82, 2.24) is 19.1 Å². The van der Waals surface area contributed by atoms with Gasteiger partial charge in [-0.2, -0.15) is 0 Å². The molecule has 0 atom stereocenters. The summed E-state index contributed by atoms with van der Waals surface area (Å²) in [6.07, 6.45) is 0. The van der Waals surface area contributed by atoms with Crippen LogP contribution in [0.25, 0.3) is 88.5 Å². The maximum absolute atomic E-state index is 5.37. The number of hydrogen-bond donors (Lipinski definition) is 0. The van der Waals surface area contributed by atoms with Crippen molar-refractivity contribution in [2.24, 2.45) is 0 Å². The molecule has 0 unspecified atom stereocenters. The number of rotatable bonds is 3. The van der Waals surface area contributed by atoms with Crippen LogP contribution in [-0.2, 0) is 0 Å². The SMILES string of the molecule is c1ccc(-c2ccc(-c3nc(-n4c5cccc6c5-n(c5cccc7cccc6c75)c5ccccc54)nc4ccccc34)cc2)cc1. The van der Waals surface area contributed by atoms with Crippen molar-refractivity contribution in [3.63, 3.8) is 0 Å². The average molecular weight is 587 g/mol. The Morgan fingerprint density at radius 2 is 0.957 bits per heavy atom. The smallest absolute Gasteiger partial charge is 0.235 e. The van der Waals surface area contributed by atoms with Crippen molar-refractivity contribution in [3.05, 3.63) is 158 Å². The number of nitrogens with zero attached hydrogens (tertiary/aromatic N) is 4. The average Bonchev–Trinajstić information content (AvgIpc) is 3.13. The predicted octanol–water partition coefficient (Wildman–Crippen LogP) is 10.6.